The Kier molecular flexibility index (Phi) is 58.6. The van der Waals surface area contributed by atoms with Crippen LogP contribution in [0.3, 0.4) is 0 Å². The summed E-state index contributed by atoms with van der Waals surface area (Å²) in [6, 6.07) is -0.854. The first kappa shape index (κ1) is 78.0. The molecular weight excluding hydrogens is 1010 g/mol. The van der Waals surface area contributed by atoms with Crippen molar-refractivity contribution in [2.45, 2.75) is 348 Å². The second-order valence-corrected chi connectivity index (χ2v) is 26.1. The van der Waals surface area contributed by atoms with Gasteiger partial charge in [0.2, 0.25) is 5.91 Å². The van der Waals surface area contributed by atoms with Crippen molar-refractivity contribution >= 4 is 19.7 Å². The second kappa shape index (κ2) is 60.1. The van der Waals surface area contributed by atoms with Crippen LogP contribution in [-0.2, 0) is 27.9 Å². The molecule has 0 aliphatic heterocycles. The summed E-state index contributed by atoms with van der Waals surface area (Å²) in [5, 5.41) is 3.06. The van der Waals surface area contributed by atoms with Crippen molar-refractivity contribution in [1.29, 1.82) is 0 Å². The maximum Gasteiger partial charge on any atom is 0.472 e. The Labute approximate surface area is 497 Å². The van der Waals surface area contributed by atoms with E-state index in [2.05, 4.69) is 62.5 Å². The minimum atomic E-state index is -4.45. The number of carbonyl (C=O) groups excluding carboxylic acids is 2. The topological polar surface area (TPSA) is 111 Å². The number of amides is 1. The van der Waals surface area contributed by atoms with E-state index in [0.717, 1.165) is 89.9 Å². The van der Waals surface area contributed by atoms with Crippen LogP contribution in [0.5, 0.6) is 0 Å². The highest BCUT2D eigenvalue weighted by atomic mass is 31.2. The fourth-order valence-corrected chi connectivity index (χ4v) is 11.0. The Morgan fingerprint density at radius 3 is 1.20 bits per heavy atom. The molecule has 0 aromatic heterocycles. The fourth-order valence-electron chi connectivity index (χ4n) is 10.3. The van der Waals surface area contributed by atoms with Crippen molar-refractivity contribution in [3.8, 4) is 0 Å². The molecule has 0 saturated carbocycles. The predicted molar refractivity (Wildman–Crippen MR) is 346 cm³/mol. The largest absolute Gasteiger partial charge is 0.472 e. The summed E-state index contributed by atoms with van der Waals surface area (Å²) in [6.07, 6.45) is 75.5. The third-order valence-corrected chi connectivity index (χ3v) is 16.5. The van der Waals surface area contributed by atoms with E-state index in [1.807, 2.05) is 33.3 Å². The van der Waals surface area contributed by atoms with E-state index in [1.54, 1.807) is 0 Å². The lowest BCUT2D eigenvalue weighted by atomic mass is 10.0. The van der Waals surface area contributed by atoms with Gasteiger partial charge >= 0.3 is 13.8 Å². The lowest BCUT2D eigenvalue weighted by Crippen LogP contribution is -2.47. The number of allylic oxidation sites excluding steroid dienone is 7. The van der Waals surface area contributed by atoms with Crippen LogP contribution < -0.4 is 5.32 Å². The molecule has 0 fully saturated rings. The number of carbonyl (C=O) groups is 2. The van der Waals surface area contributed by atoms with Crippen molar-refractivity contribution < 1.29 is 37.3 Å². The molecule has 1 amide bonds. The lowest BCUT2D eigenvalue weighted by molar-refractivity contribution is -0.870. The zero-order valence-electron chi connectivity index (χ0n) is 53.8. The first-order valence-electron chi connectivity index (χ1n) is 34.5. The zero-order valence-corrected chi connectivity index (χ0v) is 54.7. The SMILES string of the molecule is CC/C=C/C/C=C/C/C=C/CCCCCCCCC(=O)NC(COP(=O)(O)OCC[N+](C)(C)C)C(/C=C\CCCCCCCCCCCCC)OC(=O)CCCCCCCCCCCCCCCCCCCCCCCCCCC. The number of likely N-dealkylation sites (N-methyl/N-ethyl adjacent to an activating group) is 1. The van der Waals surface area contributed by atoms with Crippen molar-refractivity contribution in [3.05, 3.63) is 48.6 Å². The van der Waals surface area contributed by atoms with Gasteiger partial charge in [0.05, 0.1) is 33.8 Å². The van der Waals surface area contributed by atoms with E-state index in [-0.39, 0.29) is 25.1 Å². The Balaban J connectivity index is 5.07. The summed E-state index contributed by atoms with van der Waals surface area (Å²) in [6.45, 7) is 6.94. The minimum absolute atomic E-state index is 0.0386. The van der Waals surface area contributed by atoms with Crippen LogP contribution in [0.25, 0.3) is 0 Å². The van der Waals surface area contributed by atoms with Crippen LogP contribution in [-0.4, -0.2) is 74.3 Å². The molecule has 0 bridgehead atoms. The third-order valence-electron chi connectivity index (χ3n) is 15.5. The number of nitrogens with one attached hydrogen (secondary N) is 1. The van der Waals surface area contributed by atoms with Crippen molar-refractivity contribution in [1.82, 2.24) is 5.32 Å². The minimum Gasteiger partial charge on any atom is -0.456 e. The molecule has 0 heterocycles. The maximum atomic E-state index is 13.6. The molecule has 3 atom stereocenters. The number of phosphoric ester groups is 1. The summed E-state index contributed by atoms with van der Waals surface area (Å²) >= 11 is 0. The van der Waals surface area contributed by atoms with Gasteiger partial charge in [0.1, 0.15) is 19.3 Å². The summed E-state index contributed by atoms with van der Waals surface area (Å²) in [4.78, 5) is 37.8. The van der Waals surface area contributed by atoms with E-state index >= 15 is 0 Å². The molecule has 0 spiro atoms. The fraction of sp³-hybridized carbons (Fsp3) is 0.857. The van der Waals surface area contributed by atoms with Crippen LogP contribution in [0.15, 0.2) is 48.6 Å². The number of rotatable bonds is 63. The normalized spacial score (nSPS) is 13.8. The van der Waals surface area contributed by atoms with Crippen LogP contribution in [0, 0.1) is 0 Å². The lowest BCUT2D eigenvalue weighted by Gasteiger charge is -2.27. The molecule has 0 radical (unpaired) electrons. The van der Waals surface area contributed by atoms with Gasteiger partial charge < -0.3 is 19.4 Å². The molecule has 2 N–H and O–H groups in total. The van der Waals surface area contributed by atoms with Crippen LogP contribution in [0.4, 0.5) is 0 Å². The molecule has 80 heavy (non-hydrogen) atoms. The van der Waals surface area contributed by atoms with Crippen molar-refractivity contribution in [2.75, 3.05) is 40.9 Å². The zero-order chi connectivity index (χ0) is 58.6. The molecule has 10 heteroatoms. The van der Waals surface area contributed by atoms with Gasteiger partial charge in [0.15, 0.2) is 0 Å². The maximum absolute atomic E-state index is 13.6. The highest BCUT2D eigenvalue weighted by Crippen LogP contribution is 2.43. The Bertz CT molecular complexity index is 1510. The van der Waals surface area contributed by atoms with E-state index in [0.29, 0.717) is 23.9 Å². The van der Waals surface area contributed by atoms with Gasteiger partial charge in [-0.1, -0.05) is 307 Å². The van der Waals surface area contributed by atoms with Gasteiger partial charge in [0, 0.05) is 12.8 Å². The Hall–Kier alpha value is -2.03. The number of hydrogen-bond acceptors (Lipinski definition) is 6. The third kappa shape index (κ3) is 60.6. The van der Waals surface area contributed by atoms with Crippen molar-refractivity contribution in [2.24, 2.45) is 0 Å². The van der Waals surface area contributed by atoms with E-state index < -0.39 is 20.0 Å². The van der Waals surface area contributed by atoms with Crippen LogP contribution in [0.1, 0.15) is 335 Å². The molecule has 3 unspecified atom stereocenters. The van der Waals surface area contributed by atoms with Gasteiger partial charge in [-0.3, -0.25) is 18.6 Å². The first-order chi connectivity index (χ1) is 38.9. The number of ether oxygens (including phenoxy) is 1. The molecule has 0 rings (SSSR count). The van der Waals surface area contributed by atoms with Gasteiger partial charge in [-0.05, 0) is 63.9 Å². The number of unbranched alkanes of at least 4 members (excludes halogenated alkanes) is 41. The number of hydrogen-bond donors (Lipinski definition) is 2. The molecule has 9 nitrogen and oxygen atoms in total. The molecule has 470 valence electrons. The molecule has 0 aromatic carbocycles. The summed E-state index contributed by atoms with van der Waals surface area (Å²) < 4.78 is 30.8. The number of esters is 1. The average Bonchev–Trinajstić information content (AvgIpc) is 3.42. The highest BCUT2D eigenvalue weighted by molar-refractivity contribution is 7.47. The monoisotopic (exact) mass is 1150 g/mol. The van der Waals surface area contributed by atoms with Gasteiger partial charge in [-0.15, -0.1) is 0 Å². The molecule has 0 aromatic rings. The number of phosphoric acid groups is 1. The van der Waals surface area contributed by atoms with Gasteiger partial charge in [0.25, 0.3) is 0 Å². The molecule has 0 aliphatic carbocycles. The van der Waals surface area contributed by atoms with Crippen molar-refractivity contribution in [3.63, 3.8) is 0 Å². The van der Waals surface area contributed by atoms with E-state index in [4.69, 9.17) is 13.8 Å². The predicted octanol–water partition coefficient (Wildman–Crippen LogP) is 21.6. The molecule has 0 aliphatic rings. The van der Waals surface area contributed by atoms with Gasteiger partial charge in [-0.25, -0.2) is 4.57 Å². The van der Waals surface area contributed by atoms with E-state index in [1.165, 1.54) is 212 Å². The van der Waals surface area contributed by atoms with Crippen LogP contribution in [0.2, 0.25) is 0 Å². The average molecular weight is 1150 g/mol. The molecule has 0 saturated heterocycles. The number of nitrogens with zero attached hydrogens (tertiary/aromatic N) is 1. The van der Waals surface area contributed by atoms with Gasteiger partial charge in [-0.2, -0.15) is 0 Å². The Morgan fingerprint density at radius 2 is 0.800 bits per heavy atom. The smallest absolute Gasteiger partial charge is 0.456 e. The molecular formula is C70H134N2O7P+. The summed E-state index contributed by atoms with van der Waals surface area (Å²) in [7, 11) is 1.50. The van der Waals surface area contributed by atoms with Crippen LogP contribution >= 0.6 is 7.82 Å². The number of quaternary nitrogens is 1. The quantitative estimate of drug-likeness (QED) is 0.0205. The first-order valence-corrected chi connectivity index (χ1v) is 36.0. The second-order valence-electron chi connectivity index (χ2n) is 24.7. The summed E-state index contributed by atoms with van der Waals surface area (Å²) in [5.74, 6) is -0.505. The standard InChI is InChI=1S/C70H133N2O7P/c1-7-10-13-16-19-22-25-28-30-32-33-34-35-36-37-38-39-40-42-45-48-51-54-57-60-63-70(74)79-68(61-58-55-52-49-46-43-27-24-21-18-15-12-9-3)67(66-78-80(75,76)77-65-64-72(4,5)6)71-69(73)62-59-56-53-50-47-44-41-31-29-26-23-20-17-14-11-8-2/h11,14,20,23,29,31,58,61,67-68H,7-10,12-13,15-19,21-22,24-28,30,32-57,59-60,62-66H2,1-6H3,(H-,71,73,75,76)/p+1/b14-11+,23-20+,31-29+,61-58-. The summed E-state index contributed by atoms with van der Waals surface area (Å²) in [5.41, 5.74) is 0. The van der Waals surface area contributed by atoms with E-state index in [9.17, 15) is 19.0 Å². The highest BCUT2D eigenvalue weighted by Gasteiger charge is 2.30. The Morgan fingerprint density at radius 1 is 0.450 bits per heavy atom.